The molecule has 0 spiro atoms. The summed E-state index contributed by atoms with van der Waals surface area (Å²) in [6, 6.07) is 17.3. The second-order valence-corrected chi connectivity index (χ2v) is 12.0. The van der Waals surface area contributed by atoms with Gasteiger partial charge in [-0.1, -0.05) is 0 Å². The number of anilines is 4. The van der Waals surface area contributed by atoms with Crippen LogP contribution >= 0.6 is 0 Å². The molecule has 4 aromatic heterocycles. The largest absolute Gasteiger partial charge is 0.478 e. The van der Waals surface area contributed by atoms with E-state index in [4.69, 9.17) is 10.3 Å². The van der Waals surface area contributed by atoms with Gasteiger partial charge in [0.15, 0.2) is 0 Å². The fourth-order valence-corrected chi connectivity index (χ4v) is 5.44. The Kier molecular flexibility index (Phi) is 11.1. The molecule has 5 N–H and O–H groups in total. The fraction of sp³-hybridized carbons (Fsp3) is 0.222. The van der Waals surface area contributed by atoms with Crippen LogP contribution in [0.1, 0.15) is 72.1 Å². The van der Waals surface area contributed by atoms with E-state index in [1.54, 1.807) is 54.3 Å². The second-order valence-electron chi connectivity index (χ2n) is 12.0. The van der Waals surface area contributed by atoms with Crippen LogP contribution in [0, 0.1) is 13.8 Å². The maximum absolute atomic E-state index is 11.4. The number of hydroxylamine groups is 1. The number of aromatic nitrogens is 8. The number of aromatic carboxylic acids is 1. The number of amides is 1. The third kappa shape index (κ3) is 8.58. The summed E-state index contributed by atoms with van der Waals surface area (Å²) < 4.78 is 4.24. The summed E-state index contributed by atoms with van der Waals surface area (Å²) in [7, 11) is 0. The van der Waals surface area contributed by atoms with Crippen molar-refractivity contribution in [1.82, 2.24) is 44.5 Å². The molecule has 0 fully saturated rings. The Morgan fingerprint density at radius 3 is 1.41 bits per heavy atom. The monoisotopic (exact) mass is 689 g/mol. The number of nitrogens with one attached hydrogen (secondary N) is 3. The van der Waals surface area contributed by atoms with Gasteiger partial charge >= 0.3 is 5.97 Å². The van der Waals surface area contributed by atoms with Gasteiger partial charge in [0.1, 0.15) is 11.6 Å². The summed E-state index contributed by atoms with van der Waals surface area (Å²) >= 11 is 0. The first-order chi connectivity index (χ1) is 24.4. The third-order valence-electron chi connectivity index (χ3n) is 7.73. The molecule has 0 atom stereocenters. The number of carbonyl (C=O) groups excluding carboxylic acids is 1. The molecular formula is C36H39N11O4. The normalized spacial score (nSPS) is 10.8. The van der Waals surface area contributed by atoms with E-state index < -0.39 is 11.9 Å². The average molecular weight is 690 g/mol. The minimum Gasteiger partial charge on any atom is -0.478 e. The number of aryl methyl sites for hydroxylation is 2. The number of carboxylic acids is 1. The summed E-state index contributed by atoms with van der Waals surface area (Å²) in [5, 5.41) is 23.8. The number of imidazole rings is 2. The fourth-order valence-electron chi connectivity index (χ4n) is 5.44. The molecule has 0 aliphatic carbocycles. The summed E-state index contributed by atoms with van der Waals surface area (Å²) in [6.45, 7) is 12.3. The molecule has 6 rings (SSSR count). The van der Waals surface area contributed by atoms with Gasteiger partial charge in [-0.25, -0.2) is 40.2 Å². The van der Waals surface area contributed by atoms with Gasteiger partial charge in [0.25, 0.3) is 5.91 Å². The van der Waals surface area contributed by atoms with Crippen LogP contribution in [0.3, 0.4) is 0 Å². The van der Waals surface area contributed by atoms with Crippen molar-refractivity contribution in [3.8, 4) is 22.8 Å². The number of hydrogen-bond donors (Lipinski definition) is 5. The number of carboxylic acid groups (broad SMARTS) is 1. The molecular weight excluding hydrogens is 650 g/mol. The Morgan fingerprint density at radius 1 is 0.627 bits per heavy atom. The molecule has 1 amide bonds. The lowest BCUT2D eigenvalue weighted by atomic mass is 10.2. The molecule has 0 saturated heterocycles. The first-order valence-electron chi connectivity index (χ1n) is 16.1. The number of carbonyl (C=O) groups is 2. The van der Waals surface area contributed by atoms with Crippen LogP contribution < -0.4 is 16.1 Å². The van der Waals surface area contributed by atoms with Crippen LogP contribution in [0.4, 0.5) is 23.3 Å². The van der Waals surface area contributed by atoms with Crippen molar-refractivity contribution in [2.45, 2.75) is 53.6 Å². The lowest BCUT2D eigenvalue weighted by Crippen LogP contribution is -2.18. The van der Waals surface area contributed by atoms with E-state index in [9.17, 15) is 9.59 Å². The van der Waals surface area contributed by atoms with E-state index in [0.29, 0.717) is 17.5 Å². The Balaban J connectivity index is 0.000000198. The van der Waals surface area contributed by atoms with Crippen LogP contribution in [0.15, 0.2) is 85.5 Å². The highest BCUT2D eigenvalue weighted by Crippen LogP contribution is 2.26. The van der Waals surface area contributed by atoms with E-state index in [0.717, 1.165) is 45.8 Å². The van der Waals surface area contributed by atoms with Gasteiger partial charge in [-0.2, -0.15) is 0 Å². The van der Waals surface area contributed by atoms with Gasteiger partial charge in [-0.15, -0.1) is 0 Å². The Bertz CT molecular complexity index is 2120. The van der Waals surface area contributed by atoms with E-state index in [-0.39, 0.29) is 17.6 Å². The molecule has 4 heterocycles. The number of rotatable bonds is 10. The van der Waals surface area contributed by atoms with Crippen LogP contribution in [0.5, 0.6) is 0 Å². The standard InChI is InChI=1S/C18H20N6O2.C18H19N5O2/c1-11(2)24-12(3)20-10-16(24)15-8-9-19-18(22-15)21-14-6-4-13(5-7-14)17(25)23-26;1-11(2)23-12(3)20-10-16(23)15-8-9-19-18(22-15)21-14-6-4-13(5-7-14)17(24)25/h4-11,26H,1-3H3,(H,23,25)(H,19,21,22);4-11H,1-3H3,(H,24,25)(H,19,21,22). The van der Waals surface area contributed by atoms with Crippen molar-refractivity contribution in [3.05, 3.63) is 108 Å². The molecule has 15 heteroatoms. The summed E-state index contributed by atoms with van der Waals surface area (Å²) in [4.78, 5) is 48.6. The van der Waals surface area contributed by atoms with Crippen molar-refractivity contribution in [2.75, 3.05) is 10.6 Å². The smallest absolute Gasteiger partial charge is 0.335 e. The highest BCUT2D eigenvalue weighted by atomic mass is 16.5. The average Bonchev–Trinajstić information content (AvgIpc) is 3.71. The van der Waals surface area contributed by atoms with Crippen LogP contribution in [0.2, 0.25) is 0 Å². The van der Waals surface area contributed by atoms with Gasteiger partial charge in [-0.3, -0.25) is 10.0 Å². The molecule has 0 aliphatic rings. The van der Waals surface area contributed by atoms with E-state index in [1.165, 1.54) is 12.1 Å². The van der Waals surface area contributed by atoms with Crippen molar-refractivity contribution in [1.29, 1.82) is 0 Å². The molecule has 15 nitrogen and oxygen atoms in total. The van der Waals surface area contributed by atoms with Crippen molar-refractivity contribution >= 4 is 35.1 Å². The predicted octanol–water partition coefficient (Wildman–Crippen LogP) is 6.76. The molecule has 0 aliphatic heterocycles. The molecule has 2 aromatic carbocycles. The maximum atomic E-state index is 11.4. The van der Waals surface area contributed by atoms with E-state index >= 15 is 0 Å². The van der Waals surface area contributed by atoms with E-state index in [2.05, 4.69) is 77.4 Å². The molecule has 0 saturated carbocycles. The Morgan fingerprint density at radius 2 is 1.04 bits per heavy atom. The molecule has 6 aromatic rings. The van der Waals surface area contributed by atoms with Gasteiger partial charge in [-0.05, 0) is 102 Å². The topological polar surface area (TPSA) is 198 Å². The summed E-state index contributed by atoms with van der Waals surface area (Å²) in [5.74, 6) is 1.23. The van der Waals surface area contributed by atoms with Gasteiger partial charge in [0, 0.05) is 41.4 Å². The van der Waals surface area contributed by atoms with Gasteiger partial charge in [0.05, 0.1) is 40.7 Å². The number of nitrogens with zero attached hydrogens (tertiary/aromatic N) is 8. The first-order valence-corrected chi connectivity index (χ1v) is 16.1. The zero-order valence-corrected chi connectivity index (χ0v) is 29.0. The first kappa shape index (κ1) is 35.8. The third-order valence-corrected chi connectivity index (χ3v) is 7.73. The molecule has 0 bridgehead atoms. The summed E-state index contributed by atoms with van der Waals surface area (Å²) in [5.41, 5.74) is 7.03. The van der Waals surface area contributed by atoms with Crippen molar-refractivity contribution in [3.63, 3.8) is 0 Å². The lowest BCUT2D eigenvalue weighted by Gasteiger charge is -2.14. The lowest BCUT2D eigenvalue weighted by molar-refractivity contribution is 0.0693. The minimum absolute atomic E-state index is 0.233. The van der Waals surface area contributed by atoms with Crippen molar-refractivity contribution < 1.29 is 19.9 Å². The number of hydrogen-bond acceptors (Lipinski definition) is 11. The molecule has 0 unspecified atom stereocenters. The number of benzene rings is 2. The van der Waals surface area contributed by atoms with Crippen LogP contribution in [-0.4, -0.2) is 61.2 Å². The second kappa shape index (κ2) is 15.8. The SMILES string of the molecule is Cc1ncc(-c2ccnc(Nc3ccc(C(=O)NO)cc3)n2)n1C(C)C.Cc1ncc(-c2ccnc(Nc3ccc(C(=O)O)cc3)n2)n1C(C)C. The van der Waals surface area contributed by atoms with Gasteiger partial charge in [0.2, 0.25) is 11.9 Å². The van der Waals surface area contributed by atoms with Crippen LogP contribution in [-0.2, 0) is 0 Å². The quantitative estimate of drug-likeness (QED) is 0.0749. The zero-order chi connectivity index (χ0) is 36.7. The predicted molar refractivity (Wildman–Crippen MR) is 192 cm³/mol. The van der Waals surface area contributed by atoms with Crippen molar-refractivity contribution in [2.24, 2.45) is 0 Å². The minimum atomic E-state index is -0.956. The highest BCUT2D eigenvalue weighted by molar-refractivity contribution is 5.93. The molecule has 51 heavy (non-hydrogen) atoms. The Labute approximate surface area is 294 Å². The van der Waals surface area contributed by atoms with Crippen LogP contribution in [0.25, 0.3) is 22.8 Å². The maximum Gasteiger partial charge on any atom is 0.335 e. The highest BCUT2D eigenvalue weighted by Gasteiger charge is 2.15. The molecule has 0 radical (unpaired) electrons. The molecule has 262 valence electrons. The Hall–Kier alpha value is -6.48. The van der Waals surface area contributed by atoms with Gasteiger partial charge < -0.3 is 24.9 Å². The summed E-state index contributed by atoms with van der Waals surface area (Å²) in [6.07, 6.45) is 6.99. The zero-order valence-electron chi connectivity index (χ0n) is 29.0. The van der Waals surface area contributed by atoms with E-state index in [1.807, 2.05) is 38.4 Å².